The number of hydrogen-bond acceptors (Lipinski definition) is 1. The highest BCUT2D eigenvalue weighted by atomic mass is 16.1. The molecule has 16 heavy (non-hydrogen) atoms. The third kappa shape index (κ3) is 2.40. The van der Waals surface area contributed by atoms with E-state index in [0.29, 0.717) is 0 Å². The lowest BCUT2D eigenvalue weighted by Gasteiger charge is -2.10. The summed E-state index contributed by atoms with van der Waals surface area (Å²) in [4.78, 5) is 11.9. The molecule has 0 unspecified atom stereocenters. The summed E-state index contributed by atoms with van der Waals surface area (Å²) in [7, 11) is 0. The predicted octanol–water partition coefficient (Wildman–Crippen LogP) is 2.96. The molecule has 0 atom stereocenters. The van der Waals surface area contributed by atoms with Crippen molar-refractivity contribution in [2.45, 2.75) is 19.8 Å². The summed E-state index contributed by atoms with van der Waals surface area (Å²) in [6.07, 6.45) is 8.15. The zero-order chi connectivity index (χ0) is 11.4. The van der Waals surface area contributed by atoms with Gasteiger partial charge in [0.15, 0.2) is 0 Å². The van der Waals surface area contributed by atoms with Crippen LogP contribution in [0.15, 0.2) is 48.2 Å². The third-order valence-corrected chi connectivity index (χ3v) is 2.64. The number of benzene rings is 1. The molecule has 1 aliphatic rings. The average molecular weight is 213 g/mol. The van der Waals surface area contributed by atoms with Crippen LogP contribution in [0.3, 0.4) is 0 Å². The molecule has 0 radical (unpaired) electrons. The molecule has 0 aromatic heterocycles. The van der Waals surface area contributed by atoms with Gasteiger partial charge in [0.05, 0.1) is 0 Å². The highest BCUT2D eigenvalue weighted by Crippen LogP contribution is 2.10. The number of carbonyl (C=O) groups excluding carboxylic acids is 1. The molecule has 1 aromatic rings. The molecule has 0 spiro atoms. The number of aryl methyl sites for hydroxylation is 1. The lowest BCUT2D eigenvalue weighted by atomic mass is 10.1. The molecule has 1 aliphatic carbocycles. The van der Waals surface area contributed by atoms with Crippen LogP contribution >= 0.6 is 0 Å². The largest absolute Gasteiger partial charge is 0.322 e. The van der Waals surface area contributed by atoms with Crippen LogP contribution in [0, 0.1) is 6.92 Å². The van der Waals surface area contributed by atoms with Crippen molar-refractivity contribution in [3.8, 4) is 0 Å². The first-order valence-electron chi connectivity index (χ1n) is 5.51. The highest BCUT2D eigenvalue weighted by molar-refractivity contribution is 5.96. The maximum Gasteiger partial charge on any atom is 0.255 e. The molecule has 0 fully saturated rings. The summed E-state index contributed by atoms with van der Waals surface area (Å²) in [5.41, 5.74) is 2.64. The number of nitrogens with one attached hydrogen (secondary N) is 1. The van der Waals surface area contributed by atoms with E-state index >= 15 is 0 Å². The Morgan fingerprint density at radius 1 is 1.25 bits per heavy atom. The van der Waals surface area contributed by atoms with E-state index in [1.54, 1.807) is 0 Å². The minimum atomic E-state index is -0.0316. The molecular weight excluding hydrogens is 198 g/mol. The van der Waals surface area contributed by atoms with Gasteiger partial charge < -0.3 is 5.32 Å². The van der Waals surface area contributed by atoms with Crippen molar-refractivity contribution >= 4 is 5.91 Å². The Morgan fingerprint density at radius 2 is 2.06 bits per heavy atom. The fourth-order valence-electron chi connectivity index (χ4n) is 1.73. The van der Waals surface area contributed by atoms with Gasteiger partial charge in [0.1, 0.15) is 0 Å². The van der Waals surface area contributed by atoms with Crippen LogP contribution in [0.1, 0.15) is 28.8 Å². The molecule has 0 aliphatic heterocycles. The summed E-state index contributed by atoms with van der Waals surface area (Å²) in [5, 5.41) is 2.91. The van der Waals surface area contributed by atoms with E-state index in [0.717, 1.165) is 29.7 Å². The molecule has 2 nitrogen and oxygen atoms in total. The second kappa shape index (κ2) is 4.79. The lowest BCUT2D eigenvalue weighted by molar-refractivity contribution is 0.0966. The molecule has 2 heteroatoms. The second-order valence-corrected chi connectivity index (χ2v) is 3.91. The van der Waals surface area contributed by atoms with Crippen LogP contribution in [-0.4, -0.2) is 5.91 Å². The molecule has 82 valence electrons. The summed E-state index contributed by atoms with van der Waals surface area (Å²) >= 11 is 0. The zero-order valence-corrected chi connectivity index (χ0v) is 9.36. The Hall–Kier alpha value is -1.83. The fraction of sp³-hybridized carbons (Fsp3) is 0.214. The second-order valence-electron chi connectivity index (χ2n) is 3.91. The number of amides is 1. The SMILES string of the molecule is Cc1ccccc1C(=O)NC1=CCCC=C1. The lowest BCUT2D eigenvalue weighted by Crippen LogP contribution is -2.23. The zero-order valence-electron chi connectivity index (χ0n) is 9.36. The van der Waals surface area contributed by atoms with Crippen molar-refractivity contribution in [3.63, 3.8) is 0 Å². The van der Waals surface area contributed by atoms with E-state index in [1.807, 2.05) is 37.3 Å². The number of hydrogen-bond donors (Lipinski definition) is 1. The average Bonchev–Trinajstić information content (AvgIpc) is 2.31. The van der Waals surface area contributed by atoms with E-state index in [9.17, 15) is 4.79 Å². The van der Waals surface area contributed by atoms with E-state index in [-0.39, 0.29) is 5.91 Å². The molecule has 1 aromatic carbocycles. The fourth-order valence-corrected chi connectivity index (χ4v) is 1.73. The van der Waals surface area contributed by atoms with Gasteiger partial charge >= 0.3 is 0 Å². The first-order chi connectivity index (χ1) is 7.77. The van der Waals surface area contributed by atoms with Gasteiger partial charge in [0.2, 0.25) is 0 Å². The monoisotopic (exact) mass is 213 g/mol. The predicted molar refractivity (Wildman–Crippen MR) is 65.1 cm³/mol. The van der Waals surface area contributed by atoms with Crippen LogP contribution in [0.4, 0.5) is 0 Å². The van der Waals surface area contributed by atoms with Crippen LogP contribution < -0.4 is 5.32 Å². The van der Waals surface area contributed by atoms with Crippen molar-refractivity contribution in [1.29, 1.82) is 0 Å². The van der Waals surface area contributed by atoms with Crippen LogP contribution in [-0.2, 0) is 0 Å². The molecule has 1 N–H and O–H groups in total. The Morgan fingerprint density at radius 3 is 2.75 bits per heavy atom. The van der Waals surface area contributed by atoms with Gasteiger partial charge in [0.25, 0.3) is 5.91 Å². The summed E-state index contributed by atoms with van der Waals surface area (Å²) in [6, 6.07) is 7.61. The van der Waals surface area contributed by atoms with Crippen LogP contribution in [0.5, 0.6) is 0 Å². The van der Waals surface area contributed by atoms with Crippen molar-refractivity contribution in [2.75, 3.05) is 0 Å². The minimum absolute atomic E-state index is 0.0316. The highest BCUT2D eigenvalue weighted by Gasteiger charge is 2.09. The van der Waals surface area contributed by atoms with Crippen LogP contribution in [0.2, 0.25) is 0 Å². The van der Waals surface area contributed by atoms with Crippen molar-refractivity contribution < 1.29 is 4.79 Å². The van der Waals surface area contributed by atoms with E-state index in [2.05, 4.69) is 17.5 Å². The third-order valence-electron chi connectivity index (χ3n) is 2.64. The molecule has 0 bridgehead atoms. The van der Waals surface area contributed by atoms with Gasteiger partial charge in [-0.3, -0.25) is 4.79 Å². The molecule has 2 rings (SSSR count). The number of rotatable bonds is 2. The Kier molecular flexibility index (Phi) is 3.20. The van der Waals surface area contributed by atoms with Gasteiger partial charge in [-0.25, -0.2) is 0 Å². The number of carbonyl (C=O) groups is 1. The molecule has 1 amide bonds. The van der Waals surface area contributed by atoms with E-state index in [1.165, 1.54) is 0 Å². The van der Waals surface area contributed by atoms with Gasteiger partial charge in [-0.2, -0.15) is 0 Å². The molecule has 0 saturated heterocycles. The Balaban J connectivity index is 2.12. The Bertz CT molecular complexity index is 458. The van der Waals surface area contributed by atoms with Crippen LogP contribution in [0.25, 0.3) is 0 Å². The molecule has 0 heterocycles. The quantitative estimate of drug-likeness (QED) is 0.804. The van der Waals surface area contributed by atoms with Crippen molar-refractivity contribution in [3.05, 3.63) is 59.3 Å². The first kappa shape index (κ1) is 10.7. The van der Waals surface area contributed by atoms with Gasteiger partial charge in [-0.15, -0.1) is 0 Å². The normalized spacial score (nSPS) is 14.4. The van der Waals surface area contributed by atoms with Gasteiger partial charge in [-0.05, 0) is 37.5 Å². The summed E-state index contributed by atoms with van der Waals surface area (Å²) < 4.78 is 0. The van der Waals surface area contributed by atoms with Crippen molar-refractivity contribution in [2.24, 2.45) is 0 Å². The molecular formula is C14H15NO. The smallest absolute Gasteiger partial charge is 0.255 e. The minimum Gasteiger partial charge on any atom is -0.322 e. The topological polar surface area (TPSA) is 29.1 Å². The Labute approximate surface area is 95.7 Å². The first-order valence-corrected chi connectivity index (χ1v) is 5.51. The van der Waals surface area contributed by atoms with Gasteiger partial charge in [0, 0.05) is 11.3 Å². The standard InChI is InChI=1S/C14H15NO/c1-11-7-5-6-10-13(11)14(16)15-12-8-3-2-4-9-12/h3,5-10H,2,4H2,1H3,(H,15,16). The van der Waals surface area contributed by atoms with Crippen molar-refractivity contribution in [1.82, 2.24) is 5.32 Å². The summed E-state index contributed by atoms with van der Waals surface area (Å²) in [5.74, 6) is -0.0316. The number of allylic oxidation sites excluding steroid dienone is 3. The summed E-state index contributed by atoms with van der Waals surface area (Å²) in [6.45, 7) is 1.94. The van der Waals surface area contributed by atoms with E-state index < -0.39 is 0 Å². The molecule has 0 saturated carbocycles. The van der Waals surface area contributed by atoms with Gasteiger partial charge in [-0.1, -0.05) is 30.4 Å². The van der Waals surface area contributed by atoms with E-state index in [4.69, 9.17) is 0 Å². The maximum absolute atomic E-state index is 11.9. The maximum atomic E-state index is 11.9.